The molecule has 6 nitrogen and oxygen atoms in total. The second-order valence-corrected chi connectivity index (χ2v) is 7.15. The van der Waals surface area contributed by atoms with Crippen molar-refractivity contribution in [3.8, 4) is 6.07 Å². The second-order valence-electron chi connectivity index (χ2n) is 5.79. The maximum absolute atomic E-state index is 12.2. The Kier molecular flexibility index (Phi) is 6.75. The Morgan fingerprint density at radius 2 is 1.96 bits per heavy atom. The molecule has 1 aromatic heterocycles. The molecule has 2 amide bonds. The summed E-state index contributed by atoms with van der Waals surface area (Å²) in [5.74, 6) is -0.548. The highest BCUT2D eigenvalue weighted by Crippen LogP contribution is 2.22. The molecule has 0 aliphatic rings. The lowest BCUT2D eigenvalue weighted by molar-refractivity contribution is -0.123. The largest absolute Gasteiger partial charge is 0.346 e. The third kappa shape index (κ3) is 5.33. The number of aromatic nitrogens is 1. The zero-order valence-corrected chi connectivity index (χ0v) is 15.7. The van der Waals surface area contributed by atoms with E-state index in [9.17, 15) is 9.59 Å². The summed E-state index contributed by atoms with van der Waals surface area (Å²) in [5, 5.41) is 14.5. The van der Waals surface area contributed by atoms with E-state index >= 15 is 0 Å². The van der Waals surface area contributed by atoms with E-state index in [2.05, 4.69) is 15.6 Å². The number of para-hydroxylation sites is 1. The van der Waals surface area contributed by atoms with E-state index in [1.807, 2.05) is 38.1 Å². The van der Waals surface area contributed by atoms with Crippen LogP contribution in [0, 0.1) is 25.2 Å². The van der Waals surface area contributed by atoms with Crippen LogP contribution in [0.4, 0.5) is 5.69 Å². The van der Waals surface area contributed by atoms with E-state index < -0.39 is 5.25 Å². The van der Waals surface area contributed by atoms with E-state index in [0.29, 0.717) is 10.6 Å². The molecule has 0 saturated heterocycles. The first kappa shape index (κ1) is 19.5. The third-order valence-corrected chi connectivity index (χ3v) is 4.73. The van der Waals surface area contributed by atoms with Gasteiger partial charge in [0.15, 0.2) is 0 Å². The minimum Gasteiger partial charge on any atom is -0.346 e. The van der Waals surface area contributed by atoms with Crippen LogP contribution in [0.3, 0.4) is 0 Å². The van der Waals surface area contributed by atoms with E-state index in [1.165, 1.54) is 18.0 Å². The molecule has 0 spiro atoms. The van der Waals surface area contributed by atoms with E-state index in [-0.39, 0.29) is 18.4 Å². The summed E-state index contributed by atoms with van der Waals surface area (Å²) in [6.45, 7) is 5.46. The maximum atomic E-state index is 12.2. The predicted molar refractivity (Wildman–Crippen MR) is 102 cm³/mol. The molecule has 2 aromatic rings. The van der Waals surface area contributed by atoms with Gasteiger partial charge in [-0.3, -0.25) is 9.59 Å². The Balaban J connectivity index is 1.87. The van der Waals surface area contributed by atoms with Gasteiger partial charge >= 0.3 is 0 Å². The normalized spacial score (nSPS) is 11.3. The molecule has 7 heteroatoms. The molecular weight excluding hydrogens is 348 g/mol. The van der Waals surface area contributed by atoms with Gasteiger partial charge in [-0.15, -0.1) is 0 Å². The van der Waals surface area contributed by atoms with Crippen LogP contribution in [-0.2, 0) is 9.59 Å². The van der Waals surface area contributed by atoms with Crippen molar-refractivity contribution < 1.29 is 9.59 Å². The van der Waals surface area contributed by atoms with E-state index in [0.717, 1.165) is 16.8 Å². The topological polar surface area (TPSA) is 94.9 Å². The van der Waals surface area contributed by atoms with E-state index in [1.54, 1.807) is 19.1 Å². The average Bonchev–Trinajstić information content (AvgIpc) is 2.63. The molecule has 0 saturated carbocycles. The van der Waals surface area contributed by atoms with Gasteiger partial charge in [0.2, 0.25) is 11.8 Å². The van der Waals surface area contributed by atoms with Crippen LogP contribution in [0.25, 0.3) is 0 Å². The Morgan fingerprint density at radius 3 is 2.62 bits per heavy atom. The molecule has 0 aliphatic carbocycles. The summed E-state index contributed by atoms with van der Waals surface area (Å²) >= 11 is 1.24. The van der Waals surface area contributed by atoms with Crippen LogP contribution < -0.4 is 10.6 Å². The fourth-order valence-electron chi connectivity index (χ4n) is 2.28. The number of pyridine rings is 1. The lowest BCUT2D eigenvalue weighted by atomic mass is 10.1. The number of nitrogens with zero attached hydrogens (tertiary/aromatic N) is 2. The maximum Gasteiger partial charge on any atom is 0.243 e. The molecule has 26 heavy (non-hydrogen) atoms. The summed E-state index contributed by atoms with van der Waals surface area (Å²) in [4.78, 5) is 28.4. The number of anilines is 1. The van der Waals surface area contributed by atoms with Crippen molar-refractivity contribution in [2.75, 3.05) is 11.9 Å². The fraction of sp³-hybridized carbons (Fsp3) is 0.263. The van der Waals surface area contributed by atoms with Gasteiger partial charge in [-0.25, -0.2) is 4.98 Å². The zero-order valence-electron chi connectivity index (χ0n) is 14.9. The molecule has 1 aromatic carbocycles. The van der Waals surface area contributed by atoms with E-state index in [4.69, 9.17) is 5.26 Å². The van der Waals surface area contributed by atoms with Gasteiger partial charge in [-0.1, -0.05) is 30.0 Å². The summed E-state index contributed by atoms with van der Waals surface area (Å²) in [5.41, 5.74) is 3.20. The molecule has 1 heterocycles. The first-order valence-corrected chi connectivity index (χ1v) is 8.95. The van der Waals surface area contributed by atoms with Crippen LogP contribution >= 0.6 is 11.8 Å². The number of hydrogen-bond acceptors (Lipinski definition) is 5. The molecule has 0 fully saturated rings. The van der Waals surface area contributed by atoms with Gasteiger partial charge in [0.1, 0.15) is 0 Å². The summed E-state index contributed by atoms with van der Waals surface area (Å²) in [7, 11) is 0. The number of nitrogens with one attached hydrogen (secondary N) is 2. The Morgan fingerprint density at radius 1 is 1.27 bits per heavy atom. The van der Waals surface area contributed by atoms with Crippen LogP contribution in [0.1, 0.15) is 23.6 Å². The predicted octanol–water partition coefficient (Wildman–Crippen LogP) is 2.81. The minimum atomic E-state index is -0.440. The Labute approximate surface area is 157 Å². The number of benzene rings is 1. The third-order valence-electron chi connectivity index (χ3n) is 3.70. The van der Waals surface area contributed by atoms with Gasteiger partial charge < -0.3 is 10.6 Å². The lowest BCUT2D eigenvalue weighted by Gasteiger charge is -2.13. The van der Waals surface area contributed by atoms with Gasteiger partial charge in [0.05, 0.1) is 28.5 Å². The highest BCUT2D eigenvalue weighted by Gasteiger charge is 2.16. The molecule has 1 atom stereocenters. The molecule has 2 rings (SSSR count). The highest BCUT2D eigenvalue weighted by atomic mass is 32.2. The van der Waals surface area contributed by atoms with Crippen LogP contribution in [-0.4, -0.2) is 28.6 Å². The van der Waals surface area contributed by atoms with Gasteiger partial charge in [-0.2, -0.15) is 5.26 Å². The molecule has 2 N–H and O–H groups in total. The second kappa shape index (κ2) is 9.02. The van der Waals surface area contributed by atoms with Gasteiger partial charge in [-0.05, 0) is 44.0 Å². The van der Waals surface area contributed by atoms with Crippen molar-refractivity contribution in [1.29, 1.82) is 5.26 Å². The smallest absolute Gasteiger partial charge is 0.243 e. The first-order chi connectivity index (χ1) is 12.4. The quantitative estimate of drug-likeness (QED) is 0.765. The summed E-state index contributed by atoms with van der Waals surface area (Å²) in [6, 6.07) is 11.0. The number of carbonyl (C=O) groups excluding carboxylic acids is 2. The molecule has 1 unspecified atom stereocenters. The van der Waals surface area contributed by atoms with Crippen molar-refractivity contribution in [2.45, 2.75) is 31.0 Å². The van der Waals surface area contributed by atoms with Gasteiger partial charge in [0.25, 0.3) is 0 Å². The van der Waals surface area contributed by atoms with Crippen molar-refractivity contribution >= 4 is 29.3 Å². The number of nitriles is 1. The monoisotopic (exact) mass is 368 g/mol. The van der Waals surface area contributed by atoms with Crippen LogP contribution in [0.5, 0.6) is 0 Å². The standard InChI is InChI=1S/C19H20N4O2S/c1-12-5-4-6-13(2)18(12)23-16(24)11-22-19(25)14(3)26-17-9-15(10-20)7-8-21-17/h4-9,14H,11H2,1-3H3,(H,22,25)(H,23,24). The van der Waals surface area contributed by atoms with Crippen molar-refractivity contribution in [3.63, 3.8) is 0 Å². The SMILES string of the molecule is Cc1cccc(C)c1NC(=O)CNC(=O)C(C)Sc1cc(C#N)ccn1. The number of rotatable bonds is 6. The van der Waals surface area contributed by atoms with Crippen LogP contribution in [0.15, 0.2) is 41.6 Å². The van der Waals surface area contributed by atoms with Crippen molar-refractivity contribution in [2.24, 2.45) is 0 Å². The van der Waals surface area contributed by atoms with Crippen molar-refractivity contribution in [1.82, 2.24) is 10.3 Å². The Bertz CT molecular complexity index is 841. The molecule has 0 bridgehead atoms. The molecule has 0 aliphatic heterocycles. The highest BCUT2D eigenvalue weighted by molar-refractivity contribution is 8.00. The zero-order chi connectivity index (χ0) is 19.1. The van der Waals surface area contributed by atoms with Crippen LogP contribution in [0.2, 0.25) is 0 Å². The number of thioether (sulfide) groups is 1. The van der Waals surface area contributed by atoms with Crippen molar-refractivity contribution in [3.05, 3.63) is 53.2 Å². The number of hydrogen-bond donors (Lipinski definition) is 2. The van der Waals surface area contributed by atoms with Gasteiger partial charge in [0, 0.05) is 11.9 Å². The Hall–Kier alpha value is -2.85. The molecule has 134 valence electrons. The molecular formula is C19H20N4O2S. The number of carbonyl (C=O) groups is 2. The minimum absolute atomic E-state index is 0.108. The number of amides is 2. The summed E-state index contributed by atoms with van der Waals surface area (Å²) < 4.78 is 0. The lowest BCUT2D eigenvalue weighted by Crippen LogP contribution is -2.37. The fourth-order valence-corrected chi connectivity index (χ4v) is 3.15. The summed E-state index contributed by atoms with van der Waals surface area (Å²) in [6.07, 6.45) is 1.53. The average molecular weight is 368 g/mol. The molecule has 0 radical (unpaired) electrons. The first-order valence-electron chi connectivity index (χ1n) is 8.07. The number of aryl methyl sites for hydroxylation is 2.